The van der Waals surface area contributed by atoms with E-state index in [0.717, 1.165) is 38.2 Å². The molecule has 94 valence electrons. The van der Waals surface area contributed by atoms with Crippen LogP contribution in [0.5, 0.6) is 0 Å². The number of rotatable bonds is 3. The Morgan fingerprint density at radius 2 is 2.24 bits per heavy atom. The third kappa shape index (κ3) is 2.66. The van der Waals surface area contributed by atoms with Crippen molar-refractivity contribution in [2.75, 3.05) is 19.6 Å². The van der Waals surface area contributed by atoms with Crippen LogP contribution in [0.4, 0.5) is 0 Å². The minimum absolute atomic E-state index is 0.0451. The molecule has 1 fully saturated rings. The monoisotopic (exact) mass is 236 g/mol. The lowest BCUT2D eigenvalue weighted by Crippen LogP contribution is -2.46. The summed E-state index contributed by atoms with van der Waals surface area (Å²) in [4.78, 5) is 14.3. The Labute approximate surface area is 102 Å². The van der Waals surface area contributed by atoms with Gasteiger partial charge in [-0.25, -0.2) is 0 Å². The fourth-order valence-corrected chi connectivity index (χ4v) is 2.36. The van der Waals surface area contributed by atoms with Gasteiger partial charge in [-0.2, -0.15) is 5.10 Å². The smallest absolute Gasteiger partial charge is 0.274 e. The fourth-order valence-electron chi connectivity index (χ4n) is 2.36. The summed E-state index contributed by atoms with van der Waals surface area (Å²) >= 11 is 0. The Hall–Kier alpha value is -1.36. The maximum absolute atomic E-state index is 12.3. The topological polar surface area (TPSA) is 61.0 Å². The first-order valence-corrected chi connectivity index (χ1v) is 6.26. The first-order valence-electron chi connectivity index (χ1n) is 6.26. The van der Waals surface area contributed by atoms with Gasteiger partial charge in [0.25, 0.3) is 5.91 Å². The van der Waals surface area contributed by atoms with Crippen molar-refractivity contribution in [1.29, 1.82) is 0 Å². The number of piperidine rings is 1. The molecule has 1 aromatic rings. The van der Waals surface area contributed by atoms with E-state index in [4.69, 9.17) is 0 Å². The van der Waals surface area contributed by atoms with Crippen LogP contribution in [0.2, 0.25) is 0 Å². The van der Waals surface area contributed by atoms with Crippen molar-refractivity contribution in [1.82, 2.24) is 20.4 Å². The number of H-pyrrole nitrogens is 1. The van der Waals surface area contributed by atoms with Crippen molar-refractivity contribution < 1.29 is 4.79 Å². The molecule has 1 aromatic heterocycles. The number of aromatic amines is 1. The molecular formula is C12H20N4O. The second-order valence-electron chi connectivity index (χ2n) is 4.51. The summed E-state index contributed by atoms with van der Waals surface area (Å²) in [6.07, 6.45) is 2.06. The van der Waals surface area contributed by atoms with E-state index in [9.17, 15) is 4.79 Å². The summed E-state index contributed by atoms with van der Waals surface area (Å²) in [6, 6.07) is 2.16. The van der Waals surface area contributed by atoms with E-state index in [1.54, 1.807) is 0 Å². The van der Waals surface area contributed by atoms with Crippen molar-refractivity contribution in [3.05, 3.63) is 17.5 Å². The lowest BCUT2D eigenvalue weighted by atomic mass is 10.0. The second-order valence-corrected chi connectivity index (χ2v) is 4.51. The average Bonchev–Trinajstić information content (AvgIpc) is 2.78. The van der Waals surface area contributed by atoms with Crippen LogP contribution in [0, 0.1) is 6.92 Å². The van der Waals surface area contributed by atoms with Crippen LogP contribution in [0.3, 0.4) is 0 Å². The number of hydrogen-bond donors (Lipinski definition) is 2. The molecule has 5 heteroatoms. The van der Waals surface area contributed by atoms with Gasteiger partial charge < -0.3 is 10.2 Å². The lowest BCUT2D eigenvalue weighted by Gasteiger charge is -2.33. The van der Waals surface area contributed by atoms with Gasteiger partial charge in [-0.05, 0) is 45.8 Å². The highest BCUT2D eigenvalue weighted by Crippen LogP contribution is 2.14. The maximum atomic E-state index is 12.3. The van der Waals surface area contributed by atoms with Crippen molar-refractivity contribution in [2.45, 2.75) is 32.7 Å². The Morgan fingerprint density at radius 1 is 1.53 bits per heavy atom. The molecule has 2 N–H and O–H groups in total. The highest BCUT2D eigenvalue weighted by molar-refractivity contribution is 5.92. The molecule has 2 heterocycles. The van der Waals surface area contributed by atoms with Crippen molar-refractivity contribution in [2.24, 2.45) is 0 Å². The van der Waals surface area contributed by atoms with Crippen molar-refractivity contribution in [3.8, 4) is 0 Å². The molecular weight excluding hydrogens is 216 g/mol. The van der Waals surface area contributed by atoms with Gasteiger partial charge >= 0.3 is 0 Å². The number of hydrogen-bond acceptors (Lipinski definition) is 3. The zero-order valence-corrected chi connectivity index (χ0v) is 10.5. The van der Waals surface area contributed by atoms with Crippen LogP contribution in [-0.2, 0) is 0 Å². The van der Waals surface area contributed by atoms with Crippen molar-refractivity contribution >= 4 is 5.91 Å². The van der Waals surface area contributed by atoms with E-state index < -0.39 is 0 Å². The first kappa shape index (κ1) is 12.1. The number of aromatic nitrogens is 2. The van der Waals surface area contributed by atoms with Crippen LogP contribution in [0.25, 0.3) is 0 Å². The minimum atomic E-state index is 0.0451. The zero-order chi connectivity index (χ0) is 12.3. The van der Waals surface area contributed by atoms with Gasteiger partial charge in [-0.15, -0.1) is 0 Å². The molecule has 0 aliphatic carbocycles. The Bertz CT molecular complexity index is 382. The number of amides is 1. The first-order chi connectivity index (χ1) is 8.22. The molecule has 1 saturated heterocycles. The summed E-state index contributed by atoms with van der Waals surface area (Å²) in [6.45, 7) is 6.67. The van der Waals surface area contributed by atoms with Gasteiger partial charge in [0, 0.05) is 18.3 Å². The highest BCUT2D eigenvalue weighted by Gasteiger charge is 2.25. The lowest BCUT2D eigenvalue weighted by molar-refractivity contribution is 0.0650. The van der Waals surface area contributed by atoms with Gasteiger partial charge in [-0.3, -0.25) is 9.89 Å². The standard InChI is InChI=1S/C12H20N4O/c1-3-16(10-4-6-13-7-5-10)12(17)11-8-9(2)14-15-11/h8,10,13H,3-7H2,1-2H3,(H,14,15). The molecule has 1 amide bonds. The number of carbonyl (C=O) groups is 1. The Balaban J connectivity index is 2.09. The molecule has 0 radical (unpaired) electrons. The molecule has 2 rings (SSSR count). The molecule has 17 heavy (non-hydrogen) atoms. The van der Waals surface area contributed by atoms with E-state index >= 15 is 0 Å². The molecule has 0 bridgehead atoms. The predicted octanol–water partition coefficient (Wildman–Crippen LogP) is 0.932. The quantitative estimate of drug-likeness (QED) is 0.821. The zero-order valence-electron chi connectivity index (χ0n) is 10.5. The summed E-state index contributed by atoms with van der Waals surface area (Å²) in [5.41, 5.74) is 1.46. The predicted molar refractivity (Wildman–Crippen MR) is 65.9 cm³/mol. The molecule has 0 aromatic carbocycles. The van der Waals surface area contributed by atoms with E-state index in [1.165, 1.54) is 0 Å². The summed E-state index contributed by atoms with van der Waals surface area (Å²) in [5, 5.41) is 10.2. The Morgan fingerprint density at radius 3 is 2.76 bits per heavy atom. The van der Waals surface area contributed by atoms with E-state index in [2.05, 4.69) is 15.5 Å². The number of carbonyl (C=O) groups excluding carboxylic acids is 1. The summed E-state index contributed by atoms with van der Waals surface area (Å²) < 4.78 is 0. The van der Waals surface area contributed by atoms with Gasteiger partial charge in [0.2, 0.25) is 0 Å². The largest absolute Gasteiger partial charge is 0.334 e. The van der Waals surface area contributed by atoms with E-state index in [0.29, 0.717) is 11.7 Å². The van der Waals surface area contributed by atoms with Gasteiger partial charge in [-0.1, -0.05) is 0 Å². The maximum Gasteiger partial charge on any atom is 0.274 e. The van der Waals surface area contributed by atoms with Crippen LogP contribution in [0.15, 0.2) is 6.07 Å². The second kappa shape index (κ2) is 5.31. The van der Waals surface area contributed by atoms with Crippen LogP contribution in [0.1, 0.15) is 35.9 Å². The molecule has 0 atom stereocenters. The SMILES string of the molecule is CCN(C(=O)c1cc(C)[nH]n1)C1CCNCC1. The molecule has 1 aliphatic heterocycles. The molecule has 0 spiro atoms. The van der Waals surface area contributed by atoms with Crippen LogP contribution >= 0.6 is 0 Å². The molecule has 1 aliphatic rings. The summed E-state index contributed by atoms with van der Waals surface area (Å²) in [5.74, 6) is 0.0451. The van der Waals surface area contributed by atoms with E-state index in [-0.39, 0.29) is 5.91 Å². The average molecular weight is 236 g/mol. The summed E-state index contributed by atoms with van der Waals surface area (Å²) in [7, 11) is 0. The van der Waals surface area contributed by atoms with Crippen LogP contribution < -0.4 is 5.32 Å². The molecule has 0 unspecified atom stereocenters. The highest BCUT2D eigenvalue weighted by atomic mass is 16.2. The number of nitrogens with one attached hydrogen (secondary N) is 2. The number of aryl methyl sites for hydroxylation is 1. The Kier molecular flexibility index (Phi) is 3.78. The van der Waals surface area contributed by atoms with Gasteiger partial charge in [0.15, 0.2) is 0 Å². The third-order valence-corrected chi connectivity index (χ3v) is 3.28. The fraction of sp³-hybridized carbons (Fsp3) is 0.667. The molecule has 5 nitrogen and oxygen atoms in total. The normalized spacial score (nSPS) is 17.1. The van der Waals surface area contributed by atoms with Crippen molar-refractivity contribution in [3.63, 3.8) is 0 Å². The minimum Gasteiger partial charge on any atom is -0.334 e. The van der Waals surface area contributed by atoms with E-state index in [1.807, 2.05) is 24.8 Å². The third-order valence-electron chi connectivity index (χ3n) is 3.28. The van der Waals surface area contributed by atoms with Gasteiger partial charge in [0.1, 0.15) is 5.69 Å². The molecule has 0 saturated carbocycles. The van der Waals surface area contributed by atoms with Gasteiger partial charge in [0.05, 0.1) is 0 Å². The van der Waals surface area contributed by atoms with Crippen LogP contribution in [-0.4, -0.2) is 46.7 Å². The number of nitrogens with zero attached hydrogens (tertiary/aromatic N) is 2.